The number of guanidine groups is 5. The van der Waals surface area contributed by atoms with Crippen LogP contribution >= 0.6 is 0 Å². The molecule has 1 aliphatic heterocycles. The minimum absolute atomic E-state index is 0.0104. The van der Waals surface area contributed by atoms with E-state index in [4.69, 9.17) is 80.3 Å². The SMILES string of the molecule is C[C@@H](O)[C@H](N)C(=O)N1CCC[C@H]1C(=O)N[C@@H](CCC(N)=O)C(=O)N[C@@H](CCCN=C(N)N)C(=O)N[C@H](C(=O)N[C@@H](CCCN=C(N)N)C(=O)N[C@@H](CCCN=C(N)N)C(=O)N[C@@H](CCCN=C(N)N)C(=O)N[C@@H](CCCCN)C(=O)N[C@@H](CCCCN)C(=O)N[C@@H](CCCN=C(N)N)C(=O)NCC(=O)O)[C@@H](C)O. The van der Waals surface area contributed by atoms with Crippen molar-refractivity contribution < 1.29 is 77.6 Å². The second-order valence-electron chi connectivity index (χ2n) is 25.6. The summed E-state index contributed by atoms with van der Waals surface area (Å²) in [7, 11) is 0. The molecule has 0 aromatic rings. The van der Waals surface area contributed by atoms with Crippen LogP contribution in [0.5, 0.6) is 0 Å². The average Bonchev–Trinajstić information content (AvgIpc) is 1.65. The lowest BCUT2D eigenvalue weighted by atomic mass is 10.0. The molecule has 1 fully saturated rings. The summed E-state index contributed by atoms with van der Waals surface area (Å²) in [5, 5.41) is 55.7. The van der Waals surface area contributed by atoms with Crippen molar-refractivity contribution in [2.24, 2.45) is 105 Å². The number of carboxylic acids is 1. The van der Waals surface area contributed by atoms with Gasteiger partial charge in [-0.25, -0.2) is 0 Å². The van der Waals surface area contributed by atoms with Gasteiger partial charge >= 0.3 is 5.97 Å². The first kappa shape index (κ1) is 95.3. The molecule has 612 valence electrons. The van der Waals surface area contributed by atoms with Gasteiger partial charge in [0.05, 0.1) is 12.2 Å². The molecular weight excluding hydrogens is 1420 g/mol. The van der Waals surface area contributed by atoms with E-state index in [1.807, 2.05) is 0 Å². The second kappa shape index (κ2) is 52.3. The number of rotatable bonds is 55. The molecule has 13 atom stereocenters. The van der Waals surface area contributed by atoms with E-state index < -0.39 is 175 Å². The maximum absolute atomic E-state index is 14.8. The number of nitrogens with zero attached hydrogens (tertiary/aromatic N) is 6. The normalized spacial score (nSPS) is 15.7. The summed E-state index contributed by atoms with van der Waals surface area (Å²) in [5.74, 6) is -14.4. The molecule has 46 nitrogen and oxygen atoms in total. The number of aliphatic hydroxyl groups is 2. The predicted molar refractivity (Wildman–Crippen MR) is 398 cm³/mol. The number of carbonyl (C=O) groups is 13. The van der Waals surface area contributed by atoms with Crippen LogP contribution in [0.15, 0.2) is 25.0 Å². The third-order valence-electron chi connectivity index (χ3n) is 16.5. The minimum atomic E-state index is -1.94. The van der Waals surface area contributed by atoms with Gasteiger partial charge in [-0.1, -0.05) is 0 Å². The molecule has 1 aliphatic rings. The number of aliphatic imine (C=N–C) groups is 5. The van der Waals surface area contributed by atoms with Crippen LogP contribution in [0, 0.1) is 0 Å². The van der Waals surface area contributed by atoms with Crippen molar-refractivity contribution in [3.05, 3.63) is 0 Å². The number of likely N-dealkylation sites (tertiary alicyclic amines) is 1. The Morgan fingerprint density at radius 3 is 0.981 bits per heavy atom. The molecule has 0 unspecified atom stereocenters. The zero-order valence-electron chi connectivity index (χ0n) is 61.4. The van der Waals surface area contributed by atoms with Crippen molar-refractivity contribution in [1.82, 2.24) is 58.1 Å². The zero-order chi connectivity index (χ0) is 81.6. The van der Waals surface area contributed by atoms with E-state index in [9.17, 15) is 77.6 Å². The Balaban J connectivity index is 3.93. The van der Waals surface area contributed by atoms with E-state index in [1.165, 1.54) is 6.92 Å². The molecule has 108 heavy (non-hydrogen) atoms. The number of hydrogen-bond donors (Lipinski definition) is 27. The predicted octanol–water partition coefficient (Wildman–Crippen LogP) is -12.6. The molecule has 1 rings (SSSR count). The molecule has 46 heteroatoms. The van der Waals surface area contributed by atoms with Crippen molar-refractivity contribution in [2.45, 2.75) is 221 Å². The number of nitrogens with two attached hydrogens (primary N) is 14. The van der Waals surface area contributed by atoms with Crippen LogP contribution in [0.4, 0.5) is 0 Å². The maximum atomic E-state index is 14.8. The number of aliphatic hydroxyl groups excluding tert-OH is 2. The van der Waals surface area contributed by atoms with Crippen LogP contribution in [0.2, 0.25) is 0 Å². The van der Waals surface area contributed by atoms with Crippen LogP contribution in [0.1, 0.15) is 142 Å². The highest BCUT2D eigenvalue weighted by Crippen LogP contribution is 2.20. The summed E-state index contributed by atoms with van der Waals surface area (Å²) in [5.41, 5.74) is 78.4. The van der Waals surface area contributed by atoms with Crippen LogP contribution in [-0.4, -0.2) is 264 Å². The number of carboxylic acid groups (broad SMARTS) is 1. The maximum Gasteiger partial charge on any atom is 0.322 e. The number of hydrogen-bond acceptors (Lipinski definition) is 23. The highest BCUT2D eigenvalue weighted by Gasteiger charge is 2.41. The molecule has 0 aromatic heterocycles. The standard InChI is InChI=1S/C62H118N30O16/c1-32(93)45(66)57(108)92-30-12-20-42(92)55(106)89-41(21-22-43(65)95)53(104)88-40(19-11-29-81-62(75)76)54(105)91-46(33(2)94)56(107)90-39(18-10-28-80-61(73)74)52(103)87-38(17-9-27-79-60(71)72)51(102)86-37(16-8-26-78-59(69)70)50(101)85-36(14-4-6-24-64)49(100)84-35(13-3-5-23-63)48(99)83-34(15-7-25-77-58(67)68)47(98)82-31-44(96)97/h32-42,45-46,93-94H,3-31,63-64,66H2,1-2H3,(H2,65,95)(H,82,98)(H,83,99)(H,84,100)(H,85,101)(H,86,102)(H,87,103)(H,88,104)(H,89,106)(H,90,107)(H,91,105)(H,96,97)(H4,67,68,77)(H4,69,70,78)(H4,71,72,79)(H4,73,74,80)(H4,75,76,81)/t32-,33-,34+,35+,36+,37+,38+,39+,40+,41+,42+,45+,46+/m1/s1. The summed E-state index contributed by atoms with van der Waals surface area (Å²) < 4.78 is 0. The number of unbranched alkanes of at least 4 members (excludes halogenated alkanes) is 2. The number of carbonyl (C=O) groups excluding carboxylic acids is 12. The molecule has 0 aliphatic carbocycles. The van der Waals surface area contributed by atoms with E-state index in [1.54, 1.807) is 0 Å². The van der Waals surface area contributed by atoms with Gasteiger partial charge in [0.2, 0.25) is 70.9 Å². The number of primary amides is 1. The van der Waals surface area contributed by atoms with E-state index in [0.717, 1.165) is 11.8 Å². The van der Waals surface area contributed by atoms with Crippen molar-refractivity contribution in [2.75, 3.05) is 58.9 Å². The lowest BCUT2D eigenvalue weighted by Crippen LogP contribution is -2.62. The third-order valence-corrected chi connectivity index (χ3v) is 16.5. The fourth-order valence-corrected chi connectivity index (χ4v) is 10.7. The van der Waals surface area contributed by atoms with Gasteiger partial charge in [0, 0.05) is 45.7 Å². The number of nitrogens with one attached hydrogen (secondary N) is 10. The second-order valence-corrected chi connectivity index (χ2v) is 25.6. The largest absolute Gasteiger partial charge is 0.480 e. The molecular formula is C62H118N30O16. The van der Waals surface area contributed by atoms with Gasteiger partial charge < -0.3 is 154 Å². The topological polar surface area (TPSA) is 832 Å². The highest BCUT2D eigenvalue weighted by molar-refractivity contribution is 6.00. The van der Waals surface area contributed by atoms with Crippen molar-refractivity contribution in [1.29, 1.82) is 0 Å². The van der Waals surface area contributed by atoms with Gasteiger partial charge in [0.25, 0.3) is 0 Å². The summed E-state index contributed by atoms with van der Waals surface area (Å²) >= 11 is 0. The molecule has 1 heterocycles. The molecule has 0 spiro atoms. The molecule has 0 bridgehead atoms. The lowest BCUT2D eigenvalue weighted by molar-refractivity contribution is -0.142. The Kier molecular flexibility index (Phi) is 46.1. The summed E-state index contributed by atoms with van der Waals surface area (Å²) in [4.78, 5) is 201. The Hall–Kier alpha value is -10.7. The quantitative estimate of drug-likeness (QED) is 0.0153. The van der Waals surface area contributed by atoms with E-state index in [2.05, 4.69) is 78.1 Å². The van der Waals surface area contributed by atoms with Gasteiger partial charge in [0.15, 0.2) is 29.8 Å². The van der Waals surface area contributed by atoms with Gasteiger partial charge in [0.1, 0.15) is 73.0 Å². The lowest BCUT2D eigenvalue weighted by Gasteiger charge is -2.30. The minimum Gasteiger partial charge on any atom is -0.480 e. The summed E-state index contributed by atoms with van der Waals surface area (Å²) in [6.07, 6.45) is -3.42. The van der Waals surface area contributed by atoms with Crippen LogP contribution < -0.4 is 133 Å². The number of aliphatic carboxylic acids is 1. The van der Waals surface area contributed by atoms with E-state index in [0.29, 0.717) is 19.3 Å². The molecule has 1 saturated heterocycles. The Labute approximate surface area is 625 Å². The van der Waals surface area contributed by atoms with E-state index >= 15 is 0 Å². The summed E-state index contributed by atoms with van der Waals surface area (Å²) in [6.45, 7) is 1.66. The average molecular weight is 1540 g/mol. The molecule has 0 saturated carbocycles. The van der Waals surface area contributed by atoms with Gasteiger partial charge in [-0.15, -0.1) is 0 Å². The monoisotopic (exact) mass is 1540 g/mol. The molecule has 12 amide bonds. The third kappa shape index (κ3) is 39.6. The van der Waals surface area contributed by atoms with E-state index in [-0.39, 0.29) is 178 Å². The smallest absolute Gasteiger partial charge is 0.322 e. The first-order chi connectivity index (χ1) is 50.9. The van der Waals surface area contributed by atoms with Crippen molar-refractivity contribution in [3.63, 3.8) is 0 Å². The fraction of sp³-hybridized carbons (Fsp3) is 0.710. The molecule has 0 radical (unpaired) electrons. The first-order valence-electron chi connectivity index (χ1n) is 35.5. The van der Waals surface area contributed by atoms with Gasteiger partial charge in [-0.3, -0.25) is 87.3 Å². The highest BCUT2D eigenvalue weighted by atomic mass is 16.4. The zero-order valence-corrected chi connectivity index (χ0v) is 61.4. The van der Waals surface area contributed by atoms with Gasteiger partial charge in [-0.05, 0) is 149 Å². The fourth-order valence-electron chi connectivity index (χ4n) is 10.7. The Bertz CT molecular complexity index is 3080. The van der Waals surface area contributed by atoms with Crippen molar-refractivity contribution >= 4 is 107 Å². The summed E-state index contributed by atoms with van der Waals surface area (Å²) in [6, 6.07) is -16.7. The van der Waals surface area contributed by atoms with Crippen LogP contribution in [0.25, 0.3) is 0 Å². The Morgan fingerprint density at radius 2 is 0.694 bits per heavy atom. The molecule has 41 N–H and O–H groups in total. The number of amides is 12. The molecule has 0 aromatic carbocycles. The van der Waals surface area contributed by atoms with Crippen LogP contribution in [-0.2, 0) is 62.3 Å². The van der Waals surface area contributed by atoms with Crippen LogP contribution in [0.3, 0.4) is 0 Å². The van der Waals surface area contributed by atoms with Gasteiger partial charge in [-0.2, -0.15) is 0 Å². The Morgan fingerprint density at radius 1 is 0.398 bits per heavy atom. The first-order valence-corrected chi connectivity index (χ1v) is 35.5. The van der Waals surface area contributed by atoms with Crippen molar-refractivity contribution in [3.8, 4) is 0 Å².